The quantitative estimate of drug-likeness (QED) is 0.370. The zero-order valence-electron chi connectivity index (χ0n) is 18.9. The van der Waals surface area contributed by atoms with Gasteiger partial charge in [-0.3, -0.25) is 9.59 Å². The van der Waals surface area contributed by atoms with Gasteiger partial charge in [0.25, 0.3) is 0 Å². The van der Waals surface area contributed by atoms with Crippen molar-refractivity contribution in [1.29, 1.82) is 0 Å². The van der Waals surface area contributed by atoms with Crippen LogP contribution in [0.1, 0.15) is 22.4 Å². The lowest BCUT2D eigenvalue weighted by Gasteiger charge is -2.21. The van der Waals surface area contributed by atoms with E-state index in [2.05, 4.69) is 15.6 Å². The Balaban J connectivity index is 1.72. The number of aliphatic hydroxyl groups excluding tert-OH is 1. The van der Waals surface area contributed by atoms with Crippen LogP contribution >= 0.6 is 0 Å². The van der Waals surface area contributed by atoms with Crippen LogP contribution in [-0.2, 0) is 29.0 Å². The highest BCUT2D eigenvalue weighted by atomic mass is 19.2. The number of aryl methyl sites for hydroxylation is 1. The summed E-state index contributed by atoms with van der Waals surface area (Å²) in [7, 11) is 0. The van der Waals surface area contributed by atoms with Crippen LogP contribution in [-0.4, -0.2) is 34.1 Å². The van der Waals surface area contributed by atoms with Gasteiger partial charge in [0.2, 0.25) is 11.8 Å². The summed E-state index contributed by atoms with van der Waals surface area (Å²) >= 11 is 0. The number of amides is 2. The second-order valence-electron chi connectivity index (χ2n) is 8.06. The monoisotopic (exact) mass is 486 g/mol. The summed E-state index contributed by atoms with van der Waals surface area (Å²) in [4.78, 5) is 29.7. The lowest BCUT2D eigenvalue weighted by Crippen LogP contribution is -2.51. The highest BCUT2D eigenvalue weighted by Gasteiger charge is 2.25. The number of hydrogen-bond donors (Lipinski definition) is 4. The summed E-state index contributed by atoms with van der Waals surface area (Å²) in [6.07, 6.45) is -1.79. The number of nitrogens with one attached hydrogen (secondary N) is 2. The maximum atomic E-state index is 13.7. The molecule has 1 heterocycles. The fourth-order valence-corrected chi connectivity index (χ4v) is 3.42. The molecule has 184 valence electrons. The van der Waals surface area contributed by atoms with Crippen LogP contribution in [0.5, 0.6) is 0 Å². The third-order valence-corrected chi connectivity index (χ3v) is 5.37. The first kappa shape index (κ1) is 25.7. The predicted octanol–water partition coefficient (Wildman–Crippen LogP) is 2.34. The Hall–Kier alpha value is -3.92. The molecule has 7 nitrogen and oxygen atoms in total. The van der Waals surface area contributed by atoms with Crippen molar-refractivity contribution in [3.05, 3.63) is 94.4 Å². The van der Waals surface area contributed by atoms with Crippen molar-refractivity contribution < 1.29 is 27.9 Å². The van der Waals surface area contributed by atoms with E-state index < -0.39 is 41.4 Å². The van der Waals surface area contributed by atoms with Gasteiger partial charge >= 0.3 is 0 Å². The SMILES string of the molecule is Cc1nc(N)ccc1CNC(=O)[C@H](Cc1ccc(F)c(F)c1)NC(=O)C(O)Cc1ccc(F)cc1. The van der Waals surface area contributed by atoms with Gasteiger partial charge in [-0.25, -0.2) is 18.2 Å². The van der Waals surface area contributed by atoms with E-state index in [1.54, 1.807) is 19.1 Å². The summed E-state index contributed by atoms with van der Waals surface area (Å²) in [5.74, 6) is -3.71. The van der Waals surface area contributed by atoms with E-state index in [0.29, 0.717) is 22.6 Å². The summed E-state index contributed by atoms with van der Waals surface area (Å²) in [6.45, 7) is 1.81. The zero-order chi connectivity index (χ0) is 25.5. The van der Waals surface area contributed by atoms with Crippen LogP contribution in [0.25, 0.3) is 0 Å². The molecular weight excluding hydrogens is 461 g/mol. The Morgan fingerprint density at radius 1 is 0.943 bits per heavy atom. The van der Waals surface area contributed by atoms with Gasteiger partial charge in [-0.1, -0.05) is 24.3 Å². The number of nitrogens with two attached hydrogens (primary N) is 1. The Morgan fingerprint density at radius 2 is 1.63 bits per heavy atom. The van der Waals surface area contributed by atoms with Gasteiger partial charge in [-0.2, -0.15) is 0 Å². The Kier molecular flexibility index (Phi) is 8.43. The van der Waals surface area contributed by atoms with E-state index in [1.165, 1.54) is 30.3 Å². The zero-order valence-corrected chi connectivity index (χ0v) is 18.9. The van der Waals surface area contributed by atoms with Crippen molar-refractivity contribution in [2.75, 3.05) is 5.73 Å². The van der Waals surface area contributed by atoms with Crippen LogP contribution < -0.4 is 16.4 Å². The number of anilines is 1. The third-order valence-electron chi connectivity index (χ3n) is 5.37. The first-order chi connectivity index (χ1) is 16.6. The second kappa shape index (κ2) is 11.5. The van der Waals surface area contributed by atoms with Gasteiger partial charge in [0, 0.05) is 25.1 Å². The number of nitrogens with zero attached hydrogens (tertiary/aromatic N) is 1. The number of rotatable bonds is 9. The van der Waals surface area contributed by atoms with Gasteiger partial charge in [-0.05, 0) is 53.9 Å². The molecule has 0 fully saturated rings. The average molecular weight is 486 g/mol. The van der Waals surface area contributed by atoms with Crippen LogP contribution in [0.2, 0.25) is 0 Å². The minimum absolute atomic E-state index is 0.0836. The molecule has 35 heavy (non-hydrogen) atoms. The molecule has 2 atom stereocenters. The maximum Gasteiger partial charge on any atom is 0.249 e. The standard InChI is InChI=1S/C25H25F3N4O3/c1-14-17(5-9-23(29)31-14)13-30-24(34)21(11-16-4-8-19(27)20(28)10-16)32-25(35)22(33)12-15-2-6-18(26)7-3-15/h2-10,21-22,33H,11-13H2,1H3,(H2,29,31)(H,30,34)(H,32,35)/t21-,22?/m0/s1. The lowest BCUT2D eigenvalue weighted by atomic mass is 10.0. The highest BCUT2D eigenvalue weighted by molar-refractivity contribution is 5.89. The first-order valence-electron chi connectivity index (χ1n) is 10.8. The van der Waals surface area contributed by atoms with Gasteiger partial charge in [-0.15, -0.1) is 0 Å². The number of pyridine rings is 1. The molecule has 0 aliphatic carbocycles. The molecule has 2 amide bonds. The number of benzene rings is 2. The third kappa shape index (κ3) is 7.28. The Bertz CT molecular complexity index is 1210. The number of nitrogen functional groups attached to an aromatic ring is 1. The topological polar surface area (TPSA) is 117 Å². The average Bonchev–Trinajstić information content (AvgIpc) is 2.81. The molecule has 0 spiro atoms. The van der Waals surface area contributed by atoms with Crippen LogP contribution in [0.3, 0.4) is 0 Å². The molecule has 3 aromatic rings. The van der Waals surface area contributed by atoms with Crippen molar-refractivity contribution in [2.24, 2.45) is 0 Å². The van der Waals surface area contributed by atoms with Gasteiger partial charge in [0.15, 0.2) is 11.6 Å². The molecule has 0 saturated heterocycles. The normalized spacial score (nSPS) is 12.6. The van der Waals surface area contributed by atoms with Crippen molar-refractivity contribution in [1.82, 2.24) is 15.6 Å². The molecule has 1 aromatic heterocycles. The number of aliphatic hydroxyl groups is 1. The summed E-state index contributed by atoms with van der Waals surface area (Å²) < 4.78 is 40.1. The van der Waals surface area contributed by atoms with E-state index in [9.17, 15) is 27.9 Å². The second-order valence-corrected chi connectivity index (χ2v) is 8.06. The molecule has 0 saturated carbocycles. The number of halogens is 3. The molecule has 5 N–H and O–H groups in total. The van der Waals surface area contributed by atoms with Crippen LogP contribution in [0, 0.1) is 24.4 Å². The van der Waals surface area contributed by atoms with E-state index in [-0.39, 0.29) is 24.9 Å². The number of carbonyl (C=O) groups is 2. The van der Waals surface area contributed by atoms with Gasteiger partial charge < -0.3 is 21.5 Å². The number of carbonyl (C=O) groups excluding carboxylic acids is 2. The van der Waals surface area contributed by atoms with Gasteiger partial charge in [0.1, 0.15) is 23.8 Å². The molecule has 0 radical (unpaired) electrons. The van der Waals surface area contributed by atoms with Gasteiger partial charge in [0.05, 0.1) is 0 Å². The minimum Gasteiger partial charge on any atom is -0.384 e. The molecule has 3 rings (SSSR count). The van der Waals surface area contributed by atoms with E-state index in [1.807, 2.05) is 0 Å². The summed E-state index contributed by atoms with van der Waals surface area (Å²) in [6, 6.07) is 10.5. The molecule has 2 aromatic carbocycles. The largest absolute Gasteiger partial charge is 0.384 e. The summed E-state index contributed by atoms with van der Waals surface area (Å²) in [5, 5.41) is 15.5. The molecule has 0 bridgehead atoms. The van der Waals surface area contributed by atoms with E-state index in [0.717, 1.165) is 12.1 Å². The Morgan fingerprint density at radius 3 is 2.29 bits per heavy atom. The van der Waals surface area contributed by atoms with Crippen molar-refractivity contribution in [2.45, 2.75) is 38.5 Å². The number of aromatic nitrogens is 1. The first-order valence-corrected chi connectivity index (χ1v) is 10.8. The molecule has 1 unspecified atom stereocenters. The maximum absolute atomic E-state index is 13.7. The summed E-state index contributed by atoms with van der Waals surface area (Å²) in [5.41, 5.74) is 7.73. The minimum atomic E-state index is -1.52. The Labute approximate surface area is 200 Å². The van der Waals surface area contributed by atoms with Crippen molar-refractivity contribution in [3.63, 3.8) is 0 Å². The molecule has 10 heteroatoms. The fraction of sp³-hybridized carbons (Fsp3) is 0.240. The van der Waals surface area contributed by atoms with E-state index >= 15 is 0 Å². The fourth-order valence-electron chi connectivity index (χ4n) is 3.42. The molecule has 0 aliphatic rings. The van der Waals surface area contributed by atoms with Crippen molar-refractivity contribution in [3.8, 4) is 0 Å². The number of hydrogen-bond acceptors (Lipinski definition) is 5. The van der Waals surface area contributed by atoms with Crippen LogP contribution in [0.4, 0.5) is 19.0 Å². The predicted molar refractivity (Wildman–Crippen MR) is 123 cm³/mol. The molecule has 0 aliphatic heterocycles. The molecular formula is C25H25F3N4O3. The smallest absolute Gasteiger partial charge is 0.249 e. The lowest BCUT2D eigenvalue weighted by molar-refractivity contribution is -0.134. The van der Waals surface area contributed by atoms with E-state index in [4.69, 9.17) is 5.73 Å². The van der Waals surface area contributed by atoms with Crippen LogP contribution in [0.15, 0.2) is 54.6 Å². The van der Waals surface area contributed by atoms with Crippen molar-refractivity contribution >= 4 is 17.6 Å². The highest BCUT2D eigenvalue weighted by Crippen LogP contribution is 2.13.